The monoisotopic (exact) mass is 434 g/mol. The minimum Gasteiger partial charge on any atom is -0.489 e. The molecule has 1 fully saturated rings. The van der Waals surface area contributed by atoms with Crippen molar-refractivity contribution in [1.82, 2.24) is 9.79 Å². The van der Waals surface area contributed by atoms with Crippen molar-refractivity contribution in [3.63, 3.8) is 0 Å². The Kier molecular flexibility index (Phi) is 6.77. The molecule has 8 nitrogen and oxygen atoms in total. The fourth-order valence-corrected chi connectivity index (χ4v) is 5.06. The molecule has 0 aliphatic carbocycles. The Bertz CT molecular complexity index is 1010. The van der Waals surface area contributed by atoms with E-state index in [2.05, 4.69) is 6.07 Å². The summed E-state index contributed by atoms with van der Waals surface area (Å²) in [6.45, 7) is 6.16. The van der Waals surface area contributed by atoms with Gasteiger partial charge < -0.3 is 9.47 Å². The summed E-state index contributed by atoms with van der Waals surface area (Å²) in [6, 6.07) is 11.0. The van der Waals surface area contributed by atoms with Crippen molar-refractivity contribution < 1.29 is 27.9 Å². The number of nitrogens with one attached hydrogen (secondary N) is 1. The van der Waals surface area contributed by atoms with Crippen molar-refractivity contribution in [2.45, 2.75) is 44.4 Å². The molecule has 0 spiro atoms. The van der Waals surface area contributed by atoms with Crippen LogP contribution >= 0.6 is 0 Å². The number of nitrogens with zero attached hydrogens (tertiary/aromatic N) is 1. The molecule has 1 aliphatic heterocycles. The molecule has 0 saturated carbocycles. The van der Waals surface area contributed by atoms with Gasteiger partial charge in [0, 0.05) is 6.54 Å². The van der Waals surface area contributed by atoms with Crippen LogP contribution in [0.2, 0.25) is 0 Å². The molecule has 30 heavy (non-hydrogen) atoms. The van der Waals surface area contributed by atoms with Crippen LogP contribution in [0.3, 0.4) is 0 Å². The molecule has 0 aromatic heterocycles. The number of amides is 1. The van der Waals surface area contributed by atoms with Gasteiger partial charge in [0.15, 0.2) is 0 Å². The first-order valence-electron chi connectivity index (χ1n) is 9.60. The van der Waals surface area contributed by atoms with Gasteiger partial charge in [-0.1, -0.05) is 23.8 Å². The molecule has 0 bridgehead atoms. The third-order valence-corrected chi connectivity index (χ3v) is 7.05. The van der Waals surface area contributed by atoms with Crippen LogP contribution in [0.5, 0.6) is 5.75 Å². The van der Waals surface area contributed by atoms with Crippen molar-refractivity contribution in [3.05, 3.63) is 59.2 Å². The summed E-state index contributed by atoms with van der Waals surface area (Å²) >= 11 is 0. The quantitative estimate of drug-likeness (QED) is 0.533. The second-order valence-corrected chi connectivity index (χ2v) is 9.19. The summed E-state index contributed by atoms with van der Waals surface area (Å²) in [5, 5.41) is 8.99. The number of carbonyl (C=O) groups excluding carboxylic acids is 1. The van der Waals surface area contributed by atoms with Crippen molar-refractivity contribution in [2.24, 2.45) is 0 Å². The third-order valence-electron chi connectivity index (χ3n) is 5.16. The van der Waals surface area contributed by atoms with Gasteiger partial charge in [-0.25, -0.2) is 13.9 Å². The lowest BCUT2D eigenvalue weighted by Crippen LogP contribution is -2.58. The first-order valence-corrected chi connectivity index (χ1v) is 11.0. The summed E-state index contributed by atoms with van der Waals surface area (Å²) < 4.78 is 38.5. The van der Waals surface area contributed by atoms with Gasteiger partial charge in [0.2, 0.25) is 10.0 Å². The highest BCUT2D eigenvalue weighted by atomic mass is 32.2. The summed E-state index contributed by atoms with van der Waals surface area (Å²) in [6.07, 6.45) is -0.694. The smallest absolute Gasteiger partial charge is 0.264 e. The summed E-state index contributed by atoms with van der Waals surface area (Å²) in [4.78, 5) is 12.1. The normalized spacial score (nSPS) is 20.0. The molecule has 2 aromatic carbocycles. The van der Waals surface area contributed by atoms with Crippen molar-refractivity contribution in [3.8, 4) is 5.75 Å². The van der Waals surface area contributed by atoms with E-state index in [1.54, 1.807) is 19.1 Å². The molecule has 2 atom stereocenters. The van der Waals surface area contributed by atoms with E-state index in [0.29, 0.717) is 12.4 Å². The average molecular weight is 435 g/mol. The Morgan fingerprint density at radius 2 is 1.93 bits per heavy atom. The van der Waals surface area contributed by atoms with E-state index in [0.717, 1.165) is 21.0 Å². The Hall–Kier alpha value is -2.46. The van der Waals surface area contributed by atoms with Gasteiger partial charge in [0.05, 0.1) is 17.6 Å². The maximum absolute atomic E-state index is 13.1. The van der Waals surface area contributed by atoms with E-state index in [4.69, 9.17) is 14.7 Å². The maximum atomic E-state index is 13.1. The molecule has 162 valence electrons. The van der Waals surface area contributed by atoms with E-state index < -0.39 is 28.1 Å². The summed E-state index contributed by atoms with van der Waals surface area (Å²) in [7, 11) is -3.97. The molecule has 9 heteroatoms. The fraction of sp³-hybridized carbons (Fsp3) is 0.381. The van der Waals surface area contributed by atoms with Crippen molar-refractivity contribution in [1.29, 1.82) is 0 Å². The average Bonchev–Trinajstić information content (AvgIpc) is 2.74. The number of hydrogen-bond donors (Lipinski definition) is 2. The number of hydroxylamine groups is 1. The van der Waals surface area contributed by atoms with Crippen LogP contribution in [0, 0.1) is 13.8 Å². The number of sulfonamides is 1. The number of benzene rings is 2. The lowest BCUT2D eigenvalue weighted by Gasteiger charge is -2.37. The predicted octanol–water partition coefficient (Wildman–Crippen LogP) is 2.17. The number of hydrogen-bond acceptors (Lipinski definition) is 6. The van der Waals surface area contributed by atoms with Crippen LogP contribution in [0.15, 0.2) is 47.4 Å². The molecule has 2 N–H and O–H groups in total. The number of rotatable bonds is 6. The Morgan fingerprint density at radius 3 is 2.60 bits per heavy atom. The summed E-state index contributed by atoms with van der Waals surface area (Å²) in [5.41, 5.74) is 4.85. The van der Waals surface area contributed by atoms with Crippen LogP contribution < -0.4 is 10.2 Å². The van der Waals surface area contributed by atoms with Gasteiger partial charge in [0.25, 0.3) is 5.91 Å². The molecule has 0 unspecified atom stereocenters. The molecule has 3 rings (SSSR count). The number of aryl methyl sites for hydroxylation is 2. The molecule has 1 heterocycles. The first kappa shape index (κ1) is 22.2. The van der Waals surface area contributed by atoms with Gasteiger partial charge >= 0.3 is 0 Å². The predicted molar refractivity (Wildman–Crippen MR) is 110 cm³/mol. The zero-order valence-corrected chi connectivity index (χ0v) is 18.0. The SMILES string of the molecule is Cc1ccc(C)c(COc2ccc(S(=O)(=O)N3CCO[C@@H](C)[C@@H]3C(=O)NO)cc2)c1. The largest absolute Gasteiger partial charge is 0.489 e. The molecule has 1 saturated heterocycles. The van der Waals surface area contributed by atoms with Gasteiger partial charge in [0.1, 0.15) is 18.4 Å². The van der Waals surface area contributed by atoms with E-state index in [1.165, 1.54) is 17.6 Å². The number of ether oxygens (including phenoxy) is 2. The number of morpholine rings is 1. The maximum Gasteiger partial charge on any atom is 0.264 e. The highest BCUT2D eigenvalue weighted by molar-refractivity contribution is 7.89. The van der Waals surface area contributed by atoms with E-state index in [-0.39, 0.29) is 18.0 Å². The standard InChI is InChI=1S/C21H26N2O6S/c1-14-4-5-15(2)17(12-14)13-29-18-6-8-19(9-7-18)30(26,27)23-10-11-28-16(3)20(23)21(24)22-25/h4-9,12,16,20,25H,10-11,13H2,1-3H3,(H,22,24)/t16-,20+/m0/s1. The Labute approximate surface area is 176 Å². The zero-order chi connectivity index (χ0) is 21.9. The van der Waals surface area contributed by atoms with Crippen LogP contribution in [0.4, 0.5) is 0 Å². The molecule has 1 amide bonds. The molecule has 1 aliphatic rings. The van der Waals surface area contributed by atoms with Crippen LogP contribution in [-0.4, -0.2) is 49.1 Å². The summed E-state index contributed by atoms with van der Waals surface area (Å²) in [5.74, 6) is -0.297. The molecule has 2 aromatic rings. The van der Waals surface area contributed by atoms with Gasteiger partial charge in [-0.2, -0.15) is 4.31 Å². The van der Waals surface area contributed by atoms with E-state index >= 15 is 0 Å². The Balaban J connectivity index is 1.77. The van der Waals surface area contributed by atoms with Gasteiger partial charge in [-0.3, -0.25) is 10.0 Å². The molecular weight excluding hydrogens is 408 g/mol. The van der Waals surface area contributed by atoms with E-state index in [1.807, 2.05) is 26.0 Å². The van der Waals surface area contributed by atoms with Crippen molar-refractivity contribution in [2.75, 3.05) is 13.2 Å². The van der Waals surface area contributed by atoms with Gasteiger partial charge in [-0.15, -0.1) is 0 Å². The molecule has 0 radical (unpaired) electrons. The second-order valence-electron chi connectivity index (χ2n) is 7.30. The third kappa shape index (κ3) is 4.65. The topological polar surface area (TPSA) is 105 Å². The minimum atomic E-state index is -3.97. The fourth-order valence-electron chi connectivity index (χ4n) is 3.43. The van der Waals surface area contributed by atoms with Crippen molar-refractivity contribution >= 4 is 15.9 Å². The lowest BCUT2D eigenvalue weighted by molar-refractivity contribution is -0.142. The van der Waals surface area contributed by atoms with Crippen LogP contribution in [-0.2, 0) is 26.2 Å². The molecular formula is C21H26N2O6S. The van der Waals surface area contributed by atoms with Crippen LogP contribution in [0.1, 0.15) is 23.6 Å². The first-order chi connectivity index (χ1) is 14.2. The second kappa shape index (κ2) is 9.13. The minimum absolute atomic E-state index is 0.00957. The highest BCUT2D eigenvalue weighted by Gasteiger charge is 2.42. The van der Waals surface area contributed by atoms with Crippen LogP contribution in [0.25, 0.3) is 0 Å². The highest BCUT2D eigenvalue weighted by Crippen LogP contribution is 2.26. The zero-order valence-electron chi connectivity index (χ0n) is 17.2. The van der Waals surface area contributed by atoms with E-state index in [9.17, 15) is 13.2 Å². The lowest BCUT2D eigenvalue weighted by atomic mass is 10.1. The Morgan fingerprint density at radius 1 is 1.23 bits per heavy atom. The number of carbonyl (C=O) groups is 1. The van der Waals surface area contributed by atoms with Gasteiger partial charge in [-0.05, 0) is 56.2 Å².